The van der Waals surface area contributed by atoms with Crippen molar-refractivity contribution in [3.8, 4) is 6.07 Å². The number of nitrogens with zero attached hydrogens (tertiary/aromatic N) is 3. The highest BCUT2D eigenvalue weighted by atomic mass is 35.5. The van der Waals surface area contributed by atoms with Gasteiger partial charge >= 0.3 is 7.12 Å². The maximum absolute atomic E-state index is 9.89. The van der Waals surface area contributed by atoms with E-state index in [0.717, 1.165) is 48.0 Å². The number of nitrogens with one attached hydrogen (secondary N) is 2. The van der Waals surface area contributed by atoms with Crippen LogP contribution in [-0.2, 0) is 11.3 Å². The van der Waals surface area contributed by atoms with Gasteiger partial charge in [0, 0.05) is 11.7 Å². The van der Waals surface area contributed by atoms with Gasteiger partial charge in [-0.2, -0.15) is 10.2 Å². The molecule has 0 amide bonds. The lowest BCUT2D eigenvalue weighted by atomic mass is 9.76. The number of aromatic nitrogens is 2. The molecule has 2 heterocycles. The Balaban J connectivity index is 1.55. The molecule has 0 bridgehead atoms. The first-order valence-electron chi connectivity index (χ1n) is 9.44. The summed E-state index contributed by atoms with van der Waals surface area (Å²) < 4.78 is 5.29. The van der Waals surface area contributed by atoms with Crippen LogP contribution in [0.4, 0.5) is 17.5 Å². The van der Waals surface area contributed by atoms with Gasteiger partial charge in [-0.3, -0.25) is 0 Å². The number of anilines is 3. The highest BCUT2D eigenvalue weighted by molar-refractivity contribution is 6.62. The Morgan fingerprint density at radius 3 is 3.00 bits per heavy atom. The van der Waals surface area contributed by atoms with E-state index < -0.39 is 7.12 Å². The van der Waals surface area contributed by atoms with E-state index in [2.05, 4.69) is 26.7 Å². The van der Waals surface area contributed by atoms with E-state index in [0.29, 0.717) is 23.4 Å². The number of halogens is 1. The maximum atomic E-state index is 9.89. The monoisotopic (exact) mass is 397 g/mol. The van der Waals surface area contributed by atoms with Crippen molar-refractivity contribution >= 4 is 41.6 Å². The van der Waals surface area contributed by atoms with Gasteiger partial charge in [-0.25, -0.2) is 4.98 Å². The van der Waals surface area contributed by atoms with Gasteiger partial charge in [0.05, 0.1) is 24.8 Å². The summed E-state index contributed by atoms with van der Waals surface area (Å²) in [4.78, 5) is 8.78. The van der Waals surface area contributed by atoms with Crippen molar-refractivity contribution in [2.75, 3.05) is 10.6 Å². The zero-order valence-corrected chi connectivity index (χ0v) is 16.3. The topological polar surface area (TPSA) is 103 Å². The molecular formula is C19H21BClN5O2. The molecule has 1 aliphatic carbocycles. The fourth-order valence-electron chi connectivity index (χ4n) is 3.96. The van der Waals surface area contributed by atoms with Crippen LogP contribution < -0.4 is 16.1 Å². The highest BCUT2D eigenvalue weighted by Gasteiger charge is 2.29. The van der Waals surface area contributed by atoms with Gasteiger partial charge in [0.2, 0.25) is 5.95 Å². The maximum Gasteiger partial charge on any atom is 0.492 e. The second-order valence-corrected chi connectivity index (χ2v) is 7.72. The van der Waals surface area contributed by atoms with E-state index in [-0.39, 0.29) is 12.0 Å². The summed E-state index contributed by atoms with van der Waals surface area (Å²) in [5, 5.41) is 26.2. The molecule has 2 atom stereocenters. The summed E-state index contributed by atoms with van der Waals surface area (Å²) in [6.45, 7) is 2.31. The molecule has 0 radical (unpaired) electrons. The van der Waals surface area contributed by atoms with Gasteiger partial charge in [-0.05, 0) is 48.5 Å². The Bertz CT molecular complexity index is 935. The van der Waals surface area contributed by atoms with E-state index in [4.69, 9.17) is 16.3 Å². The third kappa shape index (κ3) is 3.79. The van der Waals surface area contributed by atoms with Crippen molar-refractivity contribution in [1.29, 1.82) is 5.26 Å². The Morgan fingerprint density at radius 1 is 1.36 bits per heavy atom. The molecule has 2 aliphatic rings. The Labute approximate surface area is 169 Å². The molecule has 4 rings (SSSR count). The van der Waals surface area contributed by atoms with Crippen molar-refractivity contribution in [2.45, 2.75) is 45.3 Å². The van der Waals surface area contributed by atoms with Crippen LogP contribution in [0.15, 0.2) is 18.3 Å². The number of benzene rings is 1. The summed E-state index contributed by atoms with van der Waals surface area (Å²) >= 11 is 6.28. The van der Waals surface area contributed by atoms with Crippen LogP contribution in [0.1, 0.15) is 36.8 Å². The molecule has 1 aromatic carbocycles. The predicted octanol–water partition coefficient (Wildman–Crippen LogP) is 2.89. The summed E-state index contributed by atoms with van der Waals surface area (Å²) in [5.41, 5.74) is 3.53. The normalized spacial score (nSPS) is 21.1. The van der Waals surface area contributed by atoms with E-state index in [1.165, 1.54) is 0 Å². The van der Waals surface area contributed by atoms with Crippen LogP contribution in [-0.4, -0.2) is 28.2 Å². The number of fused-ring (bicyclic) bond motifs is 1. The van der Waals surface area contributed by atoms with E-state index in [1.54, 1.807) is 6.20 Å². The first-order valence-corrected chi connectivity index (χ1v) is 9.81. The molecule has 2 unspecified atom stereocenters. The molecule has 28 heavy (non-hydrogen) atoms. The summed E-state index contributed by atoms with van der Waals surface area (Å²) in [6, 6.07) is 6.28. The molecule has 2 aromatic rings. The molecule has 1 aromatic heterocycles. The first-order chi connectivity index (χ1) is 13.5. The average molecular weight is 398 g/mol. The SMILES string of the molecule is Cc1cc(Nc2ncc(Cl)c(NC3CCCCC3C#N)n2)cc2c1B(O)OC2. The zero-order chi connectivity index (χ0) is 19.7. The van der Waals surface area contributed by atoms with Gasteiger partial charge in [-0.1, -0.05) is 24.4 Å². The Kier molecular flexibility index (Phi) is 5.40. The number of aryl methyl sites for hydroxylation is 1. The third-order valence-corrected chi connectivity index (χ3v) is 5.65. The van der Waals surface area contributed by atoms with Gasteiger partial charge < -0.3 is 20.3 Å². The van der Waals surface area contributed by atoms with Crippen molar-refractivity contribution in [3.05, 3.63) is 34.5 Å². The van der Waals surface area contributed by atoms with Crippen molar-refractivity contribution in [2.24, 2.45) is 5.92 Å². The molecule has 1 aliphatic heterocycles. The minimum Gasteiger partial charge on any atom is -0.423 e. The molecule has 7 nitrogen and oxygen atoms in total. The van der Waals surface area contributed by atoms with Crippen LogP contribution in [0.5, 0.6) is 0 Å². The second kappa shape index (κ2) is 7.96. The first kappa shape index (κ1) is 19.0. The van der Waals surface area contributed by atoms with Crippen LogP contribution in [0.3, 0.4) is 0 Å². The van der Waals surface area contributed by atoms with Crippen LogP contribution >= 0.6 is 11.6 Å². The quantitative estimate of drug-likeness (QED) is 0.682. The van der Waals surface area contributed by atoms with Crippen LogP contribution in [0.2, 0.25) is 5.02 Å². The van der Waals surface area contributed by atoms with Crippen molar-refractivity contribution in [3.63, 3.8) is 0 Å². The average Bonchev–Trinajstić information content (AvgIpc) is 3.06. The lowest BCUT2D eigenvalue weighted by Gasteiger charge is -2.28. The number of rotatable bonds is 4. The fourth-order valence-corrected chi connectivity index (χ4v) is 4.11. The number of hydrogen-bond donors (Lipinski definition) is 3. The van der Waals surface area contributed by atoms with Crippen LogP contribution in [0, 0.1) is 24.2 Å². The predicted molar refractivity (Wildman–Crippen MR) is 109 cm³/mol. The molecular weight excluding hydrogens is 377 g/mol. The standard InChI is InChI=1S/C19H21BClN5O2/c1-11-6-14(7-13-10-28-20(27)17(11)13)24-19-23-9-15(21)18(26-19)25-16-5-3-2-4-12(16)8-22/h6-7,9,12,16,27H,2-5,10H2,1H3,(H2,23,24,25,26). The second-order valence-electron chi connectivity index (χ2n) is 7.32. The van der Waals surface area contributed by atoms with Gasteiger partial charge in [0.15, 0.2) is 5.82 Å². The highest BCUT2D eigenvalue weighted by Crippen LogP contribution is 2.29. The largest absolute Gasteiger partial charge is 0.492 e. The minimum absolute atomic E-state index is 0.0398. The molecule has 3 N–H and O–H groups in total. The molecule has 144 valence electrons. The molecule has 1 saturated carbocycles. The molecule has 0 spiro atoms. The molecule has 9 heteroatoms. The lowest BCUT2D eigenvalue weighted by Crippen LogP contribution is -2.31. The van der Waals surface area contributed by atoms with E-state index >= 15 is 0 Å². The van der Waals surface area contributed by atoms with E-state index in [1.807, 2.05) is 19.1 Å². The van der Waals surface area contributed by atoms with Gasteiger partial charge in [0.1, 0.15) is 5.02 Å². The smallest absolute Gasteiger partial charge is 0.423 e. The van der Waals surface area contributed by atoms with Crippen molar-refractivity contribution in [1.82, 2.24) is 9.97 Å². The van der Waals surface area contributed by atoms with Crippen LogP contribution in [0.25, 0.3) is 0 Å². The summed E-state index contributed by atoms with van der Waals surface area (Å²) in [6.07, 6.45) is 5.54. The summed E-state index contributed by atoms with van der Waals surface area (Å²) in [5.74, 6) is 0.903. The lowest BCUT2D eigenvalue weighted by molar-refractivity contribution is 0.275. The van der Waals surface area contributed by atoms with Gasteiger partial charge in [-0.15, -0.1) is 0 Å². The Morgan fingerprint density at radius 2 is 2.18 bits per heavy atom. The molecule has 1 fully saturated rings. The molecule has 0 saturated heterocycles. The minimum atomic E-state index is -0.866. The number of hydrogen-bond acceptors (Lipinski definition) is 7. The zero-order valence-electron chi connectivity index (χ0n) is 15.6. The third-order valence-electron chi connectivity index (χ3n) is 5.37. The van der Waals surface area contributed by atoms with Gasteiger partial charge in [0.25, 0.3) is 0 Å². The Hall–Kier alpha value is -2.34. The van der Waals surface area contributed by atoms with E-state index in [9.17, 15) is 10.3 Å². The van der Waals surface area contributed by atoms with Crippen molar-refractivity contribution < 1.29 is 9.68 Å². The number of nitriles is 1. The fraction of sp³-hybridized carbons (Fsp3) is 0.421. The summed E-state index contributed by atoms with van der Waals surface area (Å²) in [7, 11) is -0.866.